The average Bonchev–Trinajstić information content (AvgIpc) is 2.61. The normalized spacial score (nSPS) is 14.6. The van der Waals surface area contributed by atoms with Gasteiger partial charge in [-0.2, -0.15) is 0 Å². The summed E-state index contributed by atoms with van der Waals surface area (Å²) in [7, 11) is 0. The summed E-state index contributed by atoms with van der Waals surface area (Å²) in [5.74, 6) is 0.752. The van der Waals surface area contributed by atoms with Crippen molar-refractivity contribution in [3.05, 3.63) is 47.3 Å². The monoisotopic (exact) mass is 340 g/mol. The second-order valence-electron chi connectivity index (χ2n) is 6.49. The number of rotatable bonds is 4. The van der Waals surface area contributed by atoms with Crippen LogP contribution in [0, 0.1) is 6.92 Å². The summed E-state index contributed by atoms with van der Waals surface area (Å²) in [6.45, 7) is 8.50. The highest BCUT2D eigenvalue weighted by molar-refractivity contribution is 5.92. The van der Waals surface area contributed by atoms with Crippen LogP contribution in [-0.2, 0) is 4.74 Å². The molecule has 2 heterocycles. The van der Waals surface area contributed by atoms with Crippen LogP contribution >= 0.6 is 0 Å². The van der Waals surface area contributed by atoms with Crippen LogP contribution in [0.25, 0.3) is 0 Å². The molecule has 0 bridgehead atoms. The Morgan fingerprint density at radius 2 is 1.92 bits per heavy atom. The van der Waals surface area contributed by atoms with Crippen molar-refractivity contribution in [2.45, 2.75) is 26.7 Å². The van der Waals surface area contributed by atoms with E-state index in [0.717, 1.165) is 11.4 Å². The molecule has 0 atom stereocenters. The summed E-state index contributed by atoms with van der Waals surface area (Å²) >= 11 is 0. The van der Waals surface area contributed by atoms with Gasteiger partial charge in [0.05, 0.1) is 13.2 Å². The van der Waals surface area contributed by atoms with E-state index in [4.69, 9.17) is 4.74 Å². The van der Waals surface area contributed by atoms with Gasteiger partial charge in [-0.05, 0) is 30.5 Å². The summed E-state index contributed by atoms with van der Waals surface area (Å²) in [6.07, 6.45) is 0. The molecule has 1 N–H and O–H groups in total. The van der Waals surface area contributed by atoms with Gasteiger partial charge < -0.3 is 15.0 Å². The van der Waals surface area contributed by atoms with E-state index in [1.807, 2.05) is 25.1 Å². The van der Waals surface area contributed by atoms with Crippen molar-refractivity contribution in [1.82, 2.24) is 14.9 Å². The summed E-state index contributed by atoms with van der Waals surface area (Å²) in [4.78, 5) is 23.3. The second kappa shape index (κ2) is 7.61. The minimum Gasteiger partial charge on any atom is -0.378 e. The molecule has 2 aromatic rings. The number of carbonyl (C=O) groups excluding carboxylic acids is 1. The molecule has 132 valence electrons. The largest absolute Gasteiger partial charge is 0.378 e. The third-order valence-electron chi connectivity index (χ3n) is 4.20. The Labute approximate surface area is 148 Å². The number of aromatic nitrogens is 2. The highest BCUT2D eigenvalue weighted by atomic mass is 16.5. The van der Waals surface area contributed by atoms with Gasteiger partial charge in [-0.25, -0.2) is 9.97 Å². The predicted molar refractivity (Wildman–Crippen MR) is 97.3 cm³/mol. The van der Waals surface area contributed by atoms with Crippen LogP contribution in [0.4, 0.5) is 11.6 Å². The topological polar surface area (TPSA) is 67.4 Å². The molecule has 1 amide bonds. The van der Waals surface area contributed by atoms with Crippen molar-refractivity contribution in [2.75, 3.05) is 31.6 Å². The van der Waals surface area contributed by atoms with E-state index in [2.05, 4.69) is 35.2 Å². The zero-order chi connectivity index (χ0) is 17.8. The Kier molecular flexibility index (Phi) is 5.28. The van der Waals surface area contributed by atoms with E-state index < -0.39 is 0 Å². The number of hydrogen-bond acceptors (Lipinski definition) is 5. The van der Waals surface area contributed by atoms with Gasteiger partial charge in [0.2, 0.25) is 5.95 Å². The molecular weight excluding hydrogens is 316 g/mol. The molecule has 1 aromatic heterocycles. The van der Waals surface area contributed by atoms with E-state index in [9.17, 15) is 4.79 Å². The lowest BCUT2D eigenvalue weighted by molar-refractivity contribution is 0.0299. The number of morpholine rings is 1. The summed E-state index contributed by atoms with van der Waals surface area (Å²) in [5.41, 5.74) is 3.33. The Bertz CT molecular complexity index is 755. The number of benzene rings is 1. The lowest BCUT2D eigenvalue weighted by Crippen LogP contribution is -2.41. The molecule has 1 aliphatic heterocycles. The molecule has 1 aromatic carbocycles. The molecule has 25 heavy (non-hydrogen) atoms. The fourth-order valence-corrected chi connectivity index (χ4v) is 2.90. The third kappa shape index (κ3) is 4.14. The van der Waals surface area contributed by atoms with Gasteiger partial charge in [0.1, 0.15) is 5.69 Å². The van der Waals surface area contributed by atoms with Crippen molar-refractivity contribution < 1.29 is 9.53 Å². The number of aryl methyl sites for hydroxylation is 1. The second-order valence-corrected chi connectivity index (χ2v) is 6.49. The van der Waals surface area contributed by atoms with Gasteiger partial charge in [0, 0.05) is 24.5 Å². The molecule has 0 unspecified atom stereocenters. The highest BCUT2D eigenvalue weighted by Gasteiger charge is 2.21. The van der Waals surface area contributed by atoms with Crippen molar-refractivity contribution in [3.8, 4) is 0 Å². The number of carbonyl (C=O) groups is 1. The van der Waals surface area contributed by atoms with Gasteiger partial charge >= 0.3 is 0 Å². The lowest BCUT2D eigenvalue weighted by Gasteiger charge is -2.26. The maximum Gasteiger partial charge on any atom is 0.272 e. The Morgan fingerprint density at radius 1 is 1.20 bits per heavy atom. The molecule has 0 radical (unpaired) electrons. The fourth-order valence-electron chi connectivity index (χ4n) is 2.90. The Balaban J connectivity index is 1.86. The van der Waals surface area contributed by atoms with Crippen molar-refractivity contribution in [2.24, 2.45) is 0 Å². The van der Waals surface area contributed by atoms with Gasteiger partial charge in [-0.1, -0.05) is 32.0 Å². The van der Waals surface area contributed by atoms with Crippen LogP contribution in [-0.4, -0.2) is 47.1 Å². The van der Waals surface area contributed by atoms with Crippen LogP contribution in [0.2, 0.25) is 0 Å². The number of ether oxygens (including phenoxy) is 1. The molecular formula is C19H24N4O2. The van der Waals surface area contributed by atoms with Crippen molar-refractivity contribution >= 4 is 17.5 Å². The first kappa shape index (κ1) is 17.4. The zero-order valence-electron chi connectivity index (χ0n) is 15.0. The number of anilines is 2. The third-order valence-corrected chi connectivity index (χ3v) is 4.20. The van der Waals surface area contributed by atoms with Gasteiger partial charge in [0.25, 0.3) is 5.91 Å². The molecule has 0 spiro atoms. The molecule has 1 fully saturated rings. The summed E-state index contributed by atoms with van der Waals surface area (Å²) < 4.78 is 5.31. The Morgan fingerprint density at radius 3 is 2.64 bits per heavy atom. The van der Waals surface area contributed by atoms with Crippen LogP contribution < -0.4 is 5.32 Å². The molecule has 0 saturated carbocycles. The zero-order valence-corrected chi connectivity index (χ0v) is 15.0. The number of amides is 1. The average molecular weight is 340 g/mol. The SMILES string of the molecule is Cc1cc(C(=O)N2CCOCC2)nc(Nc2ccccc2C(C)C)n1. The van der Waals surface area contributed by atoms with Crippen molar-refractivity contribution in [1.29, 1.82) is 0 Å². The number of hydrogen-bond donors (Lipinski definition) is 1. The maximum atomic E-state index is 12.7. The van der Waals surface area contributed by atoms with E-state index in [-0.39, 0.29) is 5.91 Å². The highest BCUT2D eigenvalue weighted by Crippen LogP contribution is 2.26. The Hall–Kier alpha value is -2.47. The van der Waals surface area contributed by atoms with Crippen LogP contribution in [0.15, 0.2) is 30.3 Å². The van der Waals surface area contributed by atoms with Crippen LogP contribution in [0.1, 0.15) is 41.5 Å². The van der Waals surface area contributed by atoms with Crippen LogP contribution in [0.3, 0.4) is 0 Å². The predicted octanol–water partition coefficient (Wildman–Crippen LogP) is 3.12. The first-order valence-electron chi connectivity index (χ1n) is 8.63. The number of nitrogens with zero attached hydrogens (tertiary/aromatic N) is 3. The van der Waals surface area contributed by atoms with E-state index >= 15 is 0 Å². The molecule has 1 aliphatic rings. The van der Waals surface area contributed by atoms with Crippen LogP contribution in [0.5, 0.6) is 0 Å². The van der Waals surface area contributed by atoms with Crippen molar-refractivity contribution in [3.63, 3.8) is 0 Å². The smallest absolute Gasteiger partial charge is 0.272 e. The van der Waals surface area contributed by atoms with E-state index in [1.165, 1.54) is 5.56 Å². The quantitative estimate of drug-likeness (QED) is 0.926. The van der Waals surface area contributed by atoms with E-state index in [0.29, 0.717) is 43.9 Å². The molecule has 3 rings (SSSR count). The molecule has 6 nitrogen and oxygen atoms in total. The molecule has 1 saturated heterocycles. The lowest BCUT2D eigenvalue weighted by atomic mass is 10.0. The summed E-state index contributed by atoms with van der Waals surface area (Å²) in [5, 5.41) is 3.28. The standard InChI is InChI=1S/C19H24N4O2/c1-13(2)15-6-4-5-7-16(15)21-19-20-14(3)12-17(22-19)18(24)23-8-10-25-11-9-23/h4-7,12-13H,8-11H2,1-3H3,(H,20,21,22). The van der Waals surface area contributed by atoms with E-state index in [1.54, 1.807) is 11.0 Å². The number of nitrogens with one attached hydrogen (secondary N) is 1. The van der Waals surface area contributed by atoms with Gasteiger partial charge in [-0.3, -0.25) is 4.79 Å². The molecule has 6 heteroatoms. The summed E-state index contributed by atoms with van der Waals surface area (Å²) in [6, 6.07) is 9.82. The first-order valence-corrected chi connectivity index (χ1v) is 8.63. The van der Waals surface area contributed by atoms with Gasteiger partial charge in [0.15, 0.2) is 0 Å². The van der Waals surface area contributed by atoms with Gasteiger partial charge in [-0.15, -0.1) is 0 Å². The first-order chi connectivity index (χ1) is 12.0. The molecule has 0 aliphatic carbocycles. The minimum atomic E-state index is -0.0750. The minimum absolute atomic E-state index is 0.0750. The fraction of sp³-hybridized carbons (Fsp3) is 0.421. The number of para-hydroxylation sites is 1. The maximum absolute atomic E-state index is 12.7.